The summed E-state index contributed by atoms with van der Waals surface area (Å²) in [4.78, 5) is 24.6. The molecule has 0 aliphatic heterocycles. The van der Waals surface area contributed by atoms with Crippen molar-refractivity contribution in [2.75, 3.05) is 5.32 Å². The van der Waals surface area contributed by atoms with Gasteiger partial charge in [0.05, 0.1) is 5.56 Å². The number of hydrogen-bond acceptors (Lipinski definition) is 5. The first-order valence-corrected chi connectivity index (χ1v) is 9.79. The van der Waals surface area contributed by atoms with Gasteiger partial charge < -0.3 is 5.11 Å². The summed E-state index contributed by atoms with van der Waals surface area (Å²) in [7, 11) is 0. The average molecular weight is 398 g/mol. The van der Waals surface area contributed by atoms with Crippen molar-refractivity contribution in [3.8, 4) is 5.75 Å². The van der Waals surface area contributed by atoms with E-state index >= 15 is 0 Å². The smallest absolute Gasteiger partial charge is 0.335 e. The van der Waals surface area contributed by atoms with E-state index in [0.717, 1.165) is 18.2 Å². The number of carboxylic acids is 1. The average Bonchev–Trinajstić information content (AvgIpc) is 2.49. The molecule has 128 valence electrons. The topological polar surface area (TPSA) is 157 Å². The predicted octanol–water partition coefficient (Wildman–Crippen LogP) is -0.309. The SMILES string of the molecule is CC(=O)Nc1cc([As](=O)(O)O)ccc1O.O=C(O)c1ccncc1. The van der Waals surface area contributed by atoms with Crippen molar-refractivity contribution in [1.82, 2.24) is 4.98 Å². The van der Waals surface area contributed by atoms with Gasteiger partial charge in [0.15, 0.2) is 0 Å². The van der Waals surface area contributed by atoms with Crippen LogP contribution in [0.5, 0.6) is 5.75 Å². The first kappa shape index (κ1) is 19.4. The van der Waals surface area contributed by atoms with Gasteiger partial charge in [0.1, 0.15) is 0 Å². The normalized spacial score (nSPS) is 10.3. The Kier molecular flexibility index (Phi) is 6.72. The molecule has 2 aromatic rings. The number of nitrogens with zero attached hydrogens (tertiary/aromatic N) is 1. The molecule has 1 aromatic carbocycles. The molecular weight excluding hydrogens is 383 g/mol. The second-order valence-corrected chi connectivity index (χ2v) is 7.83. The molecular formula is C14H15AsN2O7. The number of nitrogens with one attached hydrogen (secondary N) is 1. The van der Waals surface area contributed by atoms with Crippen LogP contribution in [0.1, 0.15) is 17.3 Å². The van der Waals surface area contributed by atoms with E-state index in [4.69, 9.17) is 13.3 Å². The Bertz CT molecular complexity index is 774. The molecule has 0 aliphatic carbocycles. The summed E-state index contributed by atoms with van der Waals surface area (Å²) in [5, 5.41) is 19.9. The summed E-state index contributed by atoms with van der Waals surface area (Å²) in [6, 6.07) is 6.21. The number of carbonyl (C=O) groups excluding carboxylic acids is 1. The van der Waals surface area contributed by atoms with Crippen LogP contribution in [0.25, 0.3) is 0 Å². The molecule has 0 bridgehead atoms. The van der Waals surface area contributed by atoms with Gasteiger partial charge in [0.2, 0.25) is 0 Å². The van der Waals surface area contributed by atoms with Crippen molar-refractivity contribution in [3.63, 3.8) is 0 Å². The Morgan fingerprint density at radius 2 is 1.71 bits per heavy atom. The first-order valence-electron chi connectivity index (χ1n) is 6.41. The maximum Gasteiger partial charge on any atom is 0.335 e. The Hall–Kier alpha value is -2.61. The van der Waals surface area contributed by atoms with Crippen LogP contribution in [-0.4, -0.2) is 49.4 Å². The standard InChI is InChI=1S/C8H10AsNO5.C6H5NO2/c1-5(11)10-7-4-6(9(13,14)15)2-3-8(7)12;8-6(9)5-1-3-7-4-2-5/h2-4,12H,1H3,(H,10,11)(H2,13,14,15);1-4H,(H,8,9). The third-order valence-corrected chi connectivity index (χ3v) is 4.55. The summed E-state index contributed by atoms with van der Waals surface area (Å²) < 4.78 is 28.6. The quantitative estimate of drug-likeness (QED) is 0.348. The van der Waals surface area contributed by atoms with Crippen LogP contribution in [0.4, 0.5) is 5.69 Å². The molecule has 9 nitrogen and oxygen atoms in total. The Labute approximate surface area is 139 Å². The zero-order valence-electron chi connectivity index (χ0n) is 12.4. The monoisotopic (exact) mass is 398 g/mol. The van der Waals surface area contributed by atoms with Crippen molar-refractivity contribution >= 4 is 36.1 Å². The van der Waals surface area contributed by atoms with E-state index in [2.05, 4.69) is 10.3 Å². The Morgan fingerprint density at radius 1 is 1.12 bits per heavy atom. The number of rotatable bonds is 3. The molecule has 0 atom stereocenters. The fourth-order valence-corrected chi connectivity index (χ4v) is 2.68. The second kappa shape index (κ2) is 8.30. The third kappa shape index (κ3) is 6.25. The fourth-order valence-electron chi connectivity index (χ4n) is 1.49. The minimum absolute atomic E-state index is 0.00951. The fraction of sp³-hybridized carbons (Fsp3) is 0.0714. The van der Waals surface area contributed by atoms with Gasteiger partial charge in [-0.15, -0.1) is 0 Å². The number of phenols is 1. The molecule has 0 saturated carbocycles. The van der Waals surface area contributed by atoms with Crippen LogP contribution >= 0.6 is 0 Å². The number of anilines is 1. The molecule has 1 amide bonds. The van der Waals surface area contributed by atoms with Crippen LogP contribution in [0.3, 0.4) is 0 Å². The van der Waals surface area contributed by atoms with Crippen molar-refractivity contribution in [1.29, 1.82) is 0 Å². The van der Waals surface area contributed by atoms with Gasteiger partial charge in [-0.2, -0.15) is 0 Å². The summed E-state index contributed by atoms with van der Waals surface area (Å²) in [5.41, 5.74) is 0.259. The molecule has 1 heterocycles. The number of carbonyl (C=O) groups is 2. The van der Waals surface area contributed by atoms with E-state index in [1.54, 1.807) is 0 Å². The molecule has 1 aromatic heterocycles. The van der Waals surface area contributed by atoms with Crippen molar-refractivity contribution in [2.45, 2.75) is 6.92 Å². The van der Waals surface area contributed by atoms with Gasteiger partial charge >= 0.3 is 94.1 Å². The maximum absolute atomic E-state index is 10.9. The molecule has 0 radical (unpaired) electrons. The van der Waals surface area contributed by atoms with E-state index in [1.165, 1.54) is 31.5 Å². The number of pyridine rings is 1. The Morgan fingerprint density at radius 3 is 2.12 bits per heavy atom. The number of benzene rings is 1. The molecule has 2 rings (SSSR count). The Balaban J connectivity index is 0.000000272. The van der Waals surface area contributed by atoms with Crippen molar-refractivity contribution in [2.24, 2.45) is 0 Å². The van der Waals surface area contributed by atoms with Gasteiger partial charge in [0.25, 0.3) is 0 Å². The van der Waals surface area contributed by atoms with Crippen LogP contribution < -0.4 is 9.67 Å². The summed E-state index contributed by atoms with van der Waals surface area (Å²) >= 11 is -4.98. The van der Waals surface area contributed by atoms with Crippen LogP contribution in [0.2, 0.25) is 0 Å². The van der Waals surface area contributed by atoms with E-state index in [1.807, 2.05) is 0 Å². The molecule has 0 fully saturated rings. The van der Waals surface area contributed by atoms with Gasteiger partial charge in [-0.25, -0.2) is 4.79 Å². The van der Waals surface area contributed by atoms with Crippen LogP contribution in [-0.2, 0) is 8.53 Å². The second-order valence-electron chi connectivity index (χ2n) is 4.47. The molecule has 0 saturated heterocycles. The number of aromatic nitrogens is 1. The number of amides is 1. The zero-order valence-corrected chi connectivity index (χ0v) is 14.3. The third-order valence-electron chi connectivity index (χ3n) is 2.55. The minimum Gasteiger partial charge on any atom is -0.478 e. The van der Waals surface area contributed by atoms with Crippen LogP contribution in [0, 0.1) is 0 Å². The molecule has 0 unspecified atom stereocenters. The van der Waals surface area contributed by atoms with E-state index in [0.29, 0.717) is 0 Å². The van der Waals surface area contributed by atoms with E-state index in [9.17, 15) is 18.4 Å². The van der Waals surface area contributed by atoms with Gasteiger partial charge in [-0.05, 0) is 12.1 Å². The first-order chi connectivity index (χ1) is 11.1. The number of carboxylic acid groups (broad SMARTS) is 1. The van der Waals surface area contributed by atoms with Gasteiger partial charge in [-0.1, -0.05) is 0 Å². The van der Waals surface area contributed by atoms with Gasteiger partial charge in [-0.3, -0.25) is 4.98 Å². The van der Waals surface area contributed by atoms with Crippen LogP contribution in [0.15, 0.2) is 42.7 Å². The van der Waals surface area contributed by atoms with E-state index in [-0.39, 0.29) is 21.4 Å². The summed E-state index contributed by atoms with van der Waals surface area (Å²) in [5.74, 6) is -1.59. The largest absolute Gasteiger partial charge is 0.478 e. The maximum atomic E-state index is 10.9. The zero-order chi connectivity index (χ0) is 18.3. The summed E-state index contributed by atoms with van der Waals surface area (Å²) in [6.45, 7) is 1.23. The molecule has 0 spiro atoms. The molecule has 10 heteroatoms. The predicted molar refractivity (Wildman–Crippen MR) is 84.1 cm³/mol. The molecule has 0 aliphatic rings. The van der Waals surface area contributed by atoms with Crippen molar-refractivity contribution < 1.29 is 31.7 Å². The van der Waals surface area contributed by atoms with Crippen molar-refractivity contribution in [3.05, 3.63) is 48.3 Å². The molecule has 24 heavy (non-hydrogen) atoms. The number of phenolic OH excluding ortho intramolecular Hbond substituents is 1. The molecule has 5 N–H and O–H groups in total. The number of hydrogen-bond donors (Lipinski definition) is 5. The number of aromatic hydroxyl groups is 1. The minimum atomic E-state index is -4.98. The number of aromatic carboxylic acids is 1. The van der Waals surface area contributed by atoms with E-state index < -0.39 is 26.0 Å². The van der Waals surface area contributed by atoms with Gasteiger partial charge in [0, 0.05) is 12.4 Å². The summed E-state index contributed by atoms with van der Waals surface area (Å²) in [6.07, 6.45) is 2.90.